The number of nitrogens with one attached hydrogen (secondary N) is 2. The van der Waals surface area contributed by atoms with Gasteiger partial charge in [-0.1, -0.05) is 6.07 Å². The Hall–Kier alpha value is -2.04. The summed E-state index contributed by atoms with van der Waals surface area (Å²) in [6, 6.07) is 7.03. The van der Waals surface area contributed by atoms with E-state index >= 15 is 0 Å². The van der Waals surface area contributed by atoms with Crippen LogP contribution in [0.2, 0.25) is 0 Å². The van der Waals surface area contributed by atoms with E-state index in [1.807, 2.05) is 0 Å². The van der Waals surface area contributed by atoms with Crippen LogP contribution in [0.25, 0.3) is 0 Å². The monoisotopic (exact) mass is 222 g/mol. The molecule has 1 rings (SSSR count). The lowest BCUT2D eigenvalue weighted by Crippen LogP contribution is -2.25. The van der Waals surface area contributed by atoms with Crippen LogP contribution in [0.3, 0.4) is 0 Å². The first-order valence-electron chi connectivity index (χ1n) is 4.90. The van der Waals surface area contributed by atoms with Crippen LogP contribution < -0.4 is 15.4 Å². The molecule has 0 heterocycles. The predicted molar refractivity (Wildman–Crippen MR) is 60.3 cm³/mol. The topological polar surface area (TPSA) is 67.4 Å². The van der Waals surface area contributed by atoms with Crippen molar-refractivity contribution in [3.8, 4) is 5.75 Å². The van der Waals surface area contributed by atoms with Crippen molar-refractivity contribution in [3.05, 3.63) is 24.3 Å². The lowest BCUT2D eigenvalue weighted by molar-refractivity contribution is -0.119. The SMILES string of the molecule is CC(=O)NCCOc1cccc(NC=O)c1. The zero-order valence-corrected chi connectivity index (χ0v) is 9.03. The molecule has 16 heavy (non-hydrogen) atoms. The maximum Gasteiger partial charge on any atom is 0.216 e. The van der Waals surface area contributed by atoms with Crippen LogP contribution in [0.15, 0.2) is 24.3 Å². The molecule has 0 radical (unpaired) electrons. The van der Waals surface area contributed by atoms with Gasteiger partial charge < -0.3 is 15.4 Å². The van der Waals surface area contributed by atoms with E-state index in [4.69, 9.17) is 4.74 Å². The maximum atomic E-state index is 10.6. The predicted octanol–water partition coefficient (Wildman–Crippen LogP) is 0.770. The number of carbonyl (C=O) groups excluding carboxylic acids is 2. The van der Waals surface area contributed by atoms with Gasteiger partial charge in [0, 0.05) is 18.7 Å². The van der Waals surface area contributed by atoms with Crippen molar-refractivity contribution in [3.63, 3.8) is 0 Å². The van der Waals surface area contributed by atoms with E-state index in [0.29, 0.717) is 31.0 Å². The summed E-state index contributed by atoms with van der Waals surface area (Å²) >= 11 is 0. The van der Waals surface area contributed by atoms with E-state index in [9.17, 15) is 9.59 Å². The van der Waals surface area contributed by atoms with Gasteiger partial charge in [-0.2, -0.15) is 0 Å². The van der Waals surface area contributed by atoms with Crippen molar-refractivity contribution in [2.45, 2.75) is 6.92 Å². The average molecular weight is 222 g/mol. The second-order valence-electron chi connectivity index (χ2n) is 3.12. The van der Waals surface area contributed by atoms with Gasteiger partial charge in [0.1, 0.15) is 12.4 Å². The Bertz CT molecular complexity index is 366. The molecule has 0 aliphatic heterocycles. The molecule has 5 nitrogen and oxygen atoms in total. The molecule has 1 aromatic rings. The molecule has 86 valence electrons. The van der Waals surface area contributed by atoms with Crippen LogP contribution in [0.4, 0.5) is 5.69 Å². The minimum Gasteiger partial charge on any atom is -0.492 e. The van der Waals surface area contributed by atoms with Crippen LogP contribution in [0.5, 0.6) is 5.75 Å². The van der Waals surface area contributed by atoms with Crippen molar-refractivity contribution in [1.82, 2.24) is 5.32 Å². The molecule has 0 spiro atoms. The fourth-order valence-electron chi connectivity index (χ4n) is 1.14. The highest BCUT2D eigenvalue weighted by atomic mass is 16.5. The van der Waals surface area contributed by atoms with Gasteiger partial charge in [0.25, 0.3) is 0 Å². The number of rotatable bonds is 6. The number of hydrogen-bond acceptors (Lipinski definition) is 3. The van der Waals surface area contributed by atoms with E-state index in [0.717, 1.165) is 0 Å². The smallest absolute Gasteiger partial charge is 0.216 e. The fourth-order valence-corrected chi connectivity index (χ4v) is 1.14. The summed E-state index contributed by atoms with van der Waals surface area (Å²) in [7, 11) is 0. The molecule has 0 saturated carbocycles. The van der Waals surface area contributed by atoms with Gasteiger partial charge in [0.05, 0.1) is 6.54 Å². The summed E-state index contributed by atoms with van der Waals surface area (Å²) in [5, 5.41) is 5.15. The van der Waals surface area contributed by atoms with Crippen LogP contribution >= 0.6 is 0 Å². The maximum absolute atomic E-state index is 10.6. The molecule has 2 N–H and O–H groups in total. The first-order chi connectivity index (χ1) is 7.72. The van der Waals surface area contributed by atoms with E-state index in [-0.39, 0.29) is 5.91 Å². The van der Waals surface area contributed by atoms with Gasteiger partial charge in [0.2, 0.25) is 12.3 Å². The fraction of sp³-hybridized carbons (Fsp3) is 0.273. The normalized spacial score (nSPS) is 9.31. The van der Waals surface area contributed by atoms with Crippen LogP contribution in [0, 0.1) is 0 Å². The first kappa shape index (κ1) is 12.0. The largest absolute Gasteiger partial charge is 0.492 e. The molecule has 0 unspecified atom stereocenters. The third kappa shape index (κ3) is 4.45. The highest BCUT2D eigenvalue weighted by Gasteiger charge is 1.96. The molecule has 1 aromatic carbocycles. The highest BCUT2D eigenvalue weighted by molar-refractivity contribution is 5.72. The summed E-state index contributed by atoms with van der Waals surface area (Å²) < 4.78 is 5.37. The minimum atomic E-state index is -0.0834. The van der Waals surface area contributed by atoms with E-state index in [1.54, 1.807) is 24.3 Å². The Morgan fingerprint density at radius 1 is 1.50 bits per heavy atom. The Balaban J connectivity index is 2.38. The number of anilines is 1. The Kier molecular flexibility index (Phi) is 4.85. The Morgan fingerprint density at radius 2 is 2.31 bits per heavy atom. The Morgan fingerprint density at radius 3 is 3.00 bits per heavy atom. The van der Waals surface area contributed by atoms with Gasteiger partial charge in [-0.05, 0) is 12.1 Å². The van der Waals surface area contributed by atoms with Crippen molar-refractivity contribution < 1.29 is 14.3 Å². The van der Waals surface area contributed by atoms with Gasteiger partial charge in [-0.25, -0.2) is 0 Å². The molecular formula is C11H14N2O3. The van der Waals surface area contributed by atoms with Gasteiger partial charge in [-0.15, -0.1) is 0 Å². The van der Waals surface area contributed by atoms with Crippen LogP contribution in [-0.4, -0.2) is 25.5 Å². The molecule has 0 fully saturated rings. The third-order valence-electron chi connectivity index (χ3n) is 1.80. The summed E-state index contributed by atoms with van der Waals surface area (Å²) in [6.07, 6.45) is 0.608. The van der Waals surface area contributed by atoms with Crippen LogP contribution in [0.1, 0.15) is 6.92 Å². The summed E-state index contributed by atoms with van der Waals surface area (Å²) in [5.41, 5.74) is 0.673. The second kappa shape index (κ2) is 6.44. The van der Waals surface area contributed by atoms with Crippen molar-refractivity contribution in [2.75, 3.05) is 18.5 Å². The molecular weight excluding hydrogens is 208 g/mol. The molecule has 5 heteroatoms. The molecule has 0 aliphatic carbocycles. The summed E-state index contributed by atoms with van der Waals surface area (Å²) in [4.78, 5) is 20.8. The Labute approximate surface area is 93.8 Å². The standard InChI is InChI=1S/C11H14N2O3/c1-9(15)12-5-6-16-11-4-2-3-10(7-11)13-8-14/h2-4,7-8H,5-6H2,1H3,(H,12,15)(H,13,14). The van der Waals surface area contributed by atoms with Crippen LogP contribution in [-0.2, 0) is 9.59 Å². The van der Waals surface area contributed by atoms with Gasteiger partial charge in [-0.3, -0.25) is 9.59 Å². The zero-order chi connectivity index (χ0) is 11.8. The number of carbonyl (C=O) groups is 2. The second-order valence-corrected chi connectivity index (χ2v) is 3.12. The summed E-state index contributed by atoms with van der Waals surface area (Å²) in [6.45, 7) is 2.30. The lowest BCUT2D eigenvalue weighted by Gasteiger charge is -2.07. The number of amides is 2. The van der Waals surface area contributed by atoms with E-state index in [1.165, 1.54) is 6.92 Å². The lowest BCUT2D eigenvalue weighted by atomic mass is 10.3. The summed E-state index contributed by atoms with van der Waals surface area (Å²) in [5.74, 6) is 0.567. The molecule has 0 aliphatic rings. The van der Waals surface area contributed by atoms with Crippen molar-refractivity contribution in [1.29, 1.82) is 0 Å². The molecule has 0 bridgehead atoms. The molecule has 0 aromatic heterocycles. The number of hydrogen-bond donors (Lipinski definition) is 2. The zero-order valence-electron chi connectivity index (χ0n) is 9.03. The number of benzene rings is 1. The minimum absolute atomic E-state index is 0.0834. The average Bonchev–Trinajstić information content (AvgIpc) is 2.25. The third-order valence-corrected chi connectivity index (χ3v) is 1.80. The highest BCUT2D eigenvalue weighted by Crippen LogP contribution is 2.16. The molecule has 0 saturated heterocycles. The van der Waals surface area contributed by atoms with Crippen molar-refractivity contribution >= 4 is 18.0 Å². The van der Waals surface area contributed by atoms with Gasteiger partial charge >= 0.3 is 0 Å². The van der Waals surface area contributed by atoms with Gasteiger partial charge in [0.15, 0.2) is 0 Å². The molecule has 0 atom stereocenters. The number of ether oxygens (including phenoxy) is 1. The van der Waals surface area contributed by atoms with Crippen molar-refractivity contribution in [2.24, 2.45) is 0 Å². The first-order valence-corrected chi connectivity index (χ1v) is 4.90. The molecule has 2 amide bonds. The quantitative estimate of drug-likeness (QED) is 0.552. The van der Waals surface area contributed by atoms with E-state index < -0.39 is 0 Å². The van der Waals surface area contributed by atoms with E-state index in [2.05, 4.69) is 10.6 Å².